The van der Waals surface area contributed by atoms with E-state index in [2.05, 4.69) is 20.9 Å². The van der Waals surface area contributed by atoms with Crippen LogP contribution in [0.1, 0.15) is 28.5 Å². The topological polar surface area (TPSA) is 124 Å². The lowest BCUT2D eigenvalue weighted by Gasteiger charge is -2.11. The maximum Gasteiger partial charge on any atom is 0.275 e. The number of hydrogen-bond acceptors (Lipinski definition) is 6. The Balaban J connectivity index is 1.61. The molecule has 0 atom stereocenters. The van der Waals surface area contributed by atoms with Gasteiger partial charge in [0.2, 0.25) is 5.91 Å². The summed E-state index contributed by atoms with van der Waals surface area (Å²) in [6, 6.07) is 14.9. The van der Waals surface area contributed by atoms with Crippen molar-refractivity contribution in [3.63, 3.8) is 0 Å². The second-order valence-electron chi connectivity index (χ2n) is 6.63. The zero-order chi connectivity index (χ0) is 21.5. The van der Waals surface area contributed by atoms with Crippen LogP contribution in [0, 0.1) is 6.92 Å². The van der Waals surface area contributed by atoms with E-state index in [-0.39, 0.29) is 24.0 Å². The summed E-state index contributed by atoms with van der Waals surface area (Å²) in [5.41, 5.74) is 8.59. The van der Waals surface area contributed by atoms with Gasteiger partial charge in [0, 0.05) is 6.54 Å². The van der Waals surface area contributed by atoms with Gasteiger partial charge in [-0.2, -0.15) is 0 Å². The molecule has 0 aliphatic rings. The molecular formula is C21H24N6O3. The van der Waals surface area contributed by atoms with Crippen LogP contribution in [0.2, 0.25) is 0 Å². The molecular weight excluding hydrogens is 384 g/mol. The van der Waals surface area contributed by atoms with Gasteiger partial charge in [-0.3, -0.25) is 9.59 Å². The van der Waals surface area contributed by atoms with Gasteiger partial charge in [0.05, 0.1) is 12.3 Å². The number of aromatic nitrogens is 3. The zero-order valence-electron chi connectivity index (χ0n) is 16.9. The van der Waals surface area contributed by atoms with E-state index >= 15 is 0 Å². The lowest BCUT2D eigenvalue weighted by molar-refractivity contribution is -0.116. The summed E-state index contributed by atoms with van der Waals surface area (Å²) >= 11 is 0. The van der Waals surface area contributed by atoms with Gasteiger partial charge in [-0.1, -0.05) is 47.2 Å². The lowest BCUT2D eigenvalue weighted by Crippen LogP contribution is -2.25. The van der Waals surface area contributed by atoms with Crippen molar-refractivity contribution < 1.29 is 14.3 Å². The Morgan fingerprint density at radius 1 is 1.13 bits per heavy atom. The first kappa shape index (κ1) is 20.8. The Morgan fingerprint density at radius 2 is 1.87 bits per heavy atom. The van der Waals surface area contributed by atoms with Crippen molar-refractivity contribution in [1.29, 1.82) is 0 Å². The summed E-state index contributed by atoms with van der Waals surface area (Å²) in [7, 11) is 0. The second kappa shape index (κ2) is 9.55. The minimum atomic E-state index is -0.457. The molecule has 0 saturated heterocycles. The highest BCUT2D eigenvalue weighted by Crippen LogP contribution is 2.23. The molecule has 0 fully saturated rings. The fraction of sp³-hybridized carbons (Fsp3) is 0.238. The Hall–Kier alpha value is -3.88. The van der Waals surface area contributed by atoms with Crippen molar-refractivity contribution in [2.24, 2.45) is 0 Å². The van der Waals surface area contributed by atoms with E-state index < -0.39 is 5.91 Å². The smallest absolute Gasteiger partial charge is 0.275 e. The lowest BCUT2D eigenvalue weighted by atomic mass is 10.1. The van der Waals surface area contributed by atoms with Crippen LogP contribution in [0.25, 0.3) is 0 Å². The van der Waals surface area contributed by atoms with Gasteiger partial charge < -0.3 is 21.1 Å². The highest BCUT2D eigenvalue weighted by atomic mass is 16.5. The Morgan fingerprint density at radius 3 is 2.60 bits per heavy atom. The molecule has 156 valence electrons. The van der Waals surface area contributed by atoms with Crippen LogP contribution in [0.4, 0.5) is 11.5 Å². The predicted molar refractivity (Wildman–Crippen MR) is 113 cm³/mol. The van der Waals surface area contributed by atoms with E-state index in [4.69, 9.17) is 10.5 Å². The summed E-state index contributed by atoms with van der Waals surface area (Å²) < 4.78 is 6.67. The predicted octanol–water partition coefficient (Wildman–Crippen LogP) is 2.14. The van der Waals surface area contributed by atoms with Gasteiger partial charge in [-0.25, -0.2) is 4.68 Å². The van der Waals surface area contributed by atoms with Crippen LogP contribution in [-0.2, 0) is 17.9 Å². The summed E-state index contributed by atoms with van der Waals surface area (Å²) in [6.45, 7) is 4.47. The SMILES string of the molecule is CCOc1ccccc1NC(=O)Cn1nnc(C(=O)NCc2ccc(C)cc2)c1N. The fourth-order valence-corrected chi connectivity index (χ4v) is 2.75. The number of nitrogen functional groups attached to an aromatic ring is 1. The number of ether oxygens (including phenoxy) is 1. The number of benzene rings is 2. The standard InChI is InChI=1S/C21H24N6O3/c1-3-30-17-7-5-4-6-16(17)24-18(28)13-27-20(22)19(25-26-27)21(29)23-12-15-10-8-14(2)9-11-15/h4-11H,3,12-13,22H2,1-2H3,(H,23,29)(H,24,28). The van der Waals surface area contributed by atoms with Crippen LogP contribution in [0.3, 0.4) is 0 Å². The Labute approximate surface area is 174 Å². The van der Waals surface area contributed by atoms with Gasteiger partial charge in [-0.05, 0) is 31.5 Å². The van der Waals surface area contributed by atoms with Crippen LogP contribution < -0.4 is 21.1 Å². The van der Waals surface area contributed by atoms with Crippen molar-refractivity contribution in [3.05, 3.63) is 65.4 Å². The third kappa shape index (κ3) is 5.13. The molecule has 9 nitrogen and oxygen atoms in total. The minimum Gasteiger partial charge on any atom is -0.492 e. The number of nitrogens with zero attached hydrogens (tertiary/aromatic N) is 3. The Kier molecular flexibility index (Phi) is 6.63. The fourth-order valence-electron chi connectivity index (χ4n) is 2.75. The van der Waals surface area contributed by atoms with Crippen molar-refractivity contribution in [3.8, 4) is 5.75 Å². The number of anilines is 2. The monoisotopic (exact) mass is 408 g/mol. The molecule has 0 bridgehead atoms. The maximum atomic E-state index is 12.4. The third-order valence-corrected chi connectivity index (χ3v) is 4.32. The number of rotatable bonds is 8. The van der Waals surface area contributed by atoms with E-state index in [1.807, 2.05) is 44.2 Å². The number of carbonyl (C=O) groups is 2. The first-order chi connectivity index (χ1) is 14.5. The summed E-state index contributed by atoms with van der Waals surface area (Å²) in [4.78, 5) is 24.8. The largest absolute Gasteiger partial charge is 0.492 e. The van der Waals surface area contributed by atoms with Gasteiger partial charge >= 0.3 is 0 Å². The normalized spacial score (nSPS) is 10.5. The second-order valence-corrected chi connectivity index (χ2v) is 6.63. The van der Waals surface area contributed by atoms with E-state index in [0.717, 1.165) is 11.1 Å². The number of hydrogen-bond donors (Lipinski definition) is 3. The van der Waals surface area contributed by atoms with E-state index in [1.54, 1.807) is 18.2 Å². The molecule has 0 spiro atoms. The van der Waals surface area contributed by atoms with E-state index in [9.17, 15) is 9.59 Å². The number of carbonyl (C=O) groups excluding carboxylic acids is 2. The summed E-state index contributed by atoms with van der Waals surface area (Å²) in [6.07, 6.45) is 0. The molecule has 30 heavy (non-hydrogen) atoms. The molecule has 1 aromatic heterocycles. The number of aryl methyl sites for hydroxylation is 1. The first-order valence-corrected chi connectivity index (χ1v) is 9.52. The number of amides is 2. The molecule has 1 heterocycles. The molecule has 0 radical (unpaired) electrons. The quantitative estimate of drug-likeness (QED) is 0.525. The number of nitrogens with one attached hydrogen (secondary N) is 2. The minimum absolute atomic E-state index is 0.0182. The highest BCUT2D eigenvalue weighted by molar-refractivity contribution is 5.97. The maximum absolute atomic E-state index is 12.4. The zero-order valence-corrected chi connectivity index (χ0v) is 16.9. The molecule has 4 N–H and O–H groups in total. The molecule has 3 rings (SSSR count). The molecule has 3 aromatic rings. The summed E-state index contributed by atoms with van der Waals surface area (Å²) in [5.74, 6) is -0.243. The molecule has 0 unspecified atom stereocenters. The first-order valence-electron chi connectivity index (χ1n) is 9.52. The van der Waals surface area contributed by atoms with Crippen molar-refractivity contribution in [2.75, 3.05) is 17.7 Å². The van der Waals surface area contributed by atoms with Gasteiger partial charge in [0.1, 0.15) is 12.3 Å². The summed E-state index contributed by atoms with van der Waals surface area (Å²) in [5, 5.41) is 13.2. The highest BCUT2D eigenvalue weighted by Gasteiger charge is 2.19. The van der Waals surface area contributed by atoms with Crippen molar-refractivity contribution >= 4 is 23.3 Å². The van der Waals surface area contributed by atoms with E-state index in [0.29, 0.717) is 24.6 Å². The molecule has 0 aliphatic carbocycles. The number of nitrogens with two attached hydrogens (primary N) is 1. The van der Waals surface area contributed by atoms with Crippen molar-refractivity contribution in [2.45, 2.75) is 26.9 Å². The Bertz CT molecular complexity index is 1030. The average Bonchev–Trinajstić information content (AvgIpc) is 3.09. The molecule has 9 heteroatoms. The third-order valence-electron chi connectivity index (χ3n) is 4.32. The van der Waals surface area contributed by atoms with Crippen LogP contribution in [-0.4, -0.2) is 33.4 Å². The average molecular weight is 408 g/mol. The van der Waals surface area contributed by atoms with Gasteiger partial charge in [0.15, 0.2) is 11.5 Å². The molecule has 2 amide bonds. The van der Waals surface area contributed by atoms with Gasteiger partial charge in [0.25, 0.3) is 5.91 Å². The van der Waals surface area contributed by atoms with Crippen LogP contribution in [0.5, 0.6) is 5.75 Å². The molecule has 2 aromatic carbocycles. The van der Waals surface area contributed by atoms with Crippen LogP contribution >= 0.6 is 0 Å². The molecule has 0 saturated carbocycles. The van der Waals surface area contributed by atoms with E-state index in [1.165, 1.54) is 4.68 Å². The molecule has 0 aliphatic heterocycles. The number of para-hydroxylation sites is 2. The van der Waals surface area contributed by atoms with Crippen LogP contribution in [0.15, 0.2) is 48.5 Å². The van der Waals surface area contributed by atoms with Crippen molar-refractivity contribution in [1.82, 2.24) is 20.3 Å². The van der Waals surface area contributed by atoms with Gasteiger partial charge in [-0.15, -0.1) is 5.10 Å².